The lowest BCUT2D eigenvalue weighted by molar-refractivity contribution is 0.100. The van der Waals surface area contributed by atoms with Gasteiger partial charge in [-0.3, -0.25) is 9.78 Å². The van der Waals surface area contributed by atoms with Crippen molar-refractivity contribution < 1.29 is 17.6 Å². The van der Waals surface area contributed by atoms with Gasteiger partial charge in [0.05, 0.1) is 22.5 Å². The first-order valence-corrected chi connectivity index (χ1v) is 8.66. The van der Waals surface area contributed by atoms with Gasteiger partial charge >= 0.3 is 0 Å². The van der Waals surface area contributed by atoms with E-state index in [1.165, 1.54) is 24.4 Å². The standard InChI is InChI=1S/C17H14FN3O3S/c18-11-2-1-3-12(7-11)21-16-13-6-10(9-25(23)24)4-5-15(13)20-8-14(16)17(19)22/h1-8,25H,9H2,(H2,19,22)(H,20,21). The number of nitrogens with one attached hydrogen (secondary N) is 1. The number of anilines is 2. The van der Waals surface area contributed by atoms with Gasteiger partial charge in [-0.1, -0.05) is 12.1 Å². The number of nitrogens with two attached hydrogens (primary N) is 1. The molecule has 1 aromatic heterocycles. The van der Waals surface area contributed by atoms with E-state index in [0.29, 0.717) is 27.8 Å². The van der Waals surface area contributed by atoms with Crippen LogP contribution in [0.5, 0.6) is 0 Å². The topological polar surface area (TPSA) is 102 Å². The molecule has 0 aliphatic heterocycles. The summed E-state index contributed by atoms with van der Waals surface area (Å²) in [5, 5.41) is 3.51. The van der Waals surface area contributed by atoms with Crippen molar-refractivity contribution in [3.8, 4) is 0 Å². The van der Waals surface area contributed by atoms with Gasteiger partial charge in [-0.2, -0.15) is 0 Å². The third-order valence-corrected chi connectivity index (χ3v) is 4.23. The highest BCUT2D eigenvalue weighted by molar-refractivity contribution is 7.71. The first-order chi connectivity index (χ1) is 11.9. The molecule has 0 bridgehead atoms. The first kappa shape index (κ1) is 16.8. The van der Waals surface area contributed by atoms with E-state index >= 15 is 0 Å². The Balaban J connectivity index is 2.20. The van der Waals surface area contributed by atoms with E-state index in [4.69, 9.17) is 5.73 Å². The highest BCUT2D eigenvalue weighted by atomic mass is 32.2. The largest absolute Gasteiger partial charge is 0.365 e. The molecule has 0 unspecified atom stereocenters. The molecule has 3 rings (SSSR count). The monoisotopic (exact) mass is 359 g/mol. The molecule has 0 spiro atoms. The number of nitrogens with zero attached hydrogens (tertiary/aromatic N) is 1. The van der Waals surface area contributed by atoms with Crippen LogP contribution in [-0.4, -0.2) is 19.3 Å². The Bertz CT molecular complexity index is 1040. The van der Waals surface area contributed by atoms with E-state index in [1.807, 2.05) is 0 Å². The van der Waals surface area contributed by atoms with E-state index < -0.39 is 22.4 Å². The van der Waals surface area contributed by atoms with Crippen molar-refractivity contribution in [2.45, 2.75) is 5.75 Å². The van der Waals surface area contributed by atoms with E-state index in [9.17, 15) is 17.6 Å². The first-order valence-electron chi connectivity index (χ1n) is 7.30. The number of primary amides is 1. The summed E-state index contributed by atoms with van der Waals surface area (Å²) in [6.07, 6.45) is 1.33. The Morgan fingerprint density at radius 3 is 2.68 bits per heavy atom. The van der Waals surface area contributed by atoms with Crippen molar-refractivity contribution in [2.24, 2.45) is 5.73 Å². The maximum Gasteiger partial charge on any atom is 0.252 e. The fraction of sp³-hybridized carbons (Fsp3) is 0.0588. The molecule has 0 aliphatic carbocycles. The number of hydrogen-bond acceptors (Lipinski definition) is 5. The lowest BCUT2D eigenvalue weighted by Gasteiger charge is -2.14. The Morgan fingerprint density at radius 2 is 2.00 bits per heavy atom. The van der Waals surface area contributed by atoms with Gasteiger partial charge in [-0.05, 0) is 35.9 Å². The molecule has 128 valence electrons. The van der Waals surface area contributed by atoms with E-state index in [-0.39, 0.29) is 11.3 Å². The number of rotatable bonds is 5. The lowest BCUT2D eigenvalue weighted by atomic mass is 10.1. The molecule has 3 N–H and O–H groups in total. The van der Waals surface area contributed by atoms with Crippen LogP contribution in [0.4, 0.5) is 15.8 Å². The highest BCUT2D eigenvalue weighted by Crippen LogP contribution is 2.30. The molecule has 0 saturated heterocycles. The third-order valence-electron chi connectivity index (χ3n) is 3.60. The molecule has 0 atom stereocenters. The number of benzene rings is 2. The molecule has 0 radical (unpaired) electrons. The van der Waals surface area contributed by atoms with Crippen LogP contribution in [0.25, 0.3) is 10.9 Å². The zero-order chi connectivity index (χ0) is 18.0. The molecule has 25 heavy (non-hydrogen) atoms. The van der Waals surface area contributed by atoms with Crippen LogP contribution in [0, 0.1) is 5.82 Å². The number of hydrogen-bond donors (Lipinski definition) is 3. The van der Waals surface area contributed by atoms with Crippen LogP contribution in [0.1, 0.15) is 15.9 Å². The van der Waals surface area contributed by atoms with Crippen LogP contribution in [-0.2, 0) is 16.5 Å². The van der Waals surface area contributed by atoms with Crippen molar-refractivity contribution in [3.63, 3.8) is 0 Å². The third kappa shape index (κ3) is 3.74. The quantitative estimate of drug-likeness (QED) is 0.607. The zero-order valence-corrected chi connectivity index (χ0v) is 13.8. The van der Waals surface area contributed by atoms with E-state index in [2.05, 4.69) is 10.3 Å². The number of fused-ring (bicyclic) bond motifs is 1. The molecule has 3 aromatic rings. The molecule has 0 fully saturated rings. The molecule has 6 nitrogen and oxygen atoms in total. The number of carbonyl (C=O) groups excluding carboxylic acids is 1. The van der Waals surface area contributed by atoms with Crippen molar-refractivity contribution in [1.29, 1.82) is 0 Å². The molecule has 1 amide bonds. The molecule has 0 saturated carbocycles. The second-order valence-corrected chi connectivity index (χ2v) is 6.37. The summed E-state index contributed by atoms with van der Waals surface area (Å²) in [7, 11) is -2.60. The summed E-state index contributed by atoms with van der Waals surface area (Å²) in [5.74, 6) is -1.27. The van der Waals surface area contributed by atoms with Gasteiger partial charge in [-0.15, -0.1) is 0 Å². The van der Waals surface area contributed by atoms with Crippen LogP contribution < -0.4 is 11.1 Å². The summed E-state index contributed by atoms with van der Waals surface area (Å²) >= 11 is 0. The van der Waals surface area contributed by atoms with Crippen molar-refractivity contribution in [1.82, 2.24) is 4.98 Å². The van der Waals surface area contributed by atoms with E-state index in [0.717, 1.165) is 0 Å². The summed E-state index contributed by atoms with van der Waals surface area (Å²) in [6.45, 7) is 0. The minimum absolute atomic E-state index is 0.125. The fourth-order valence-electron chi connectivity index (χ4n) is 2.52. The normalized spacial score (nSPS) is 11.0. The molecule has 0 aliphatic rings. The van der Waals surface area contributed by atoms with Gasteiger partial charge in [0.1, 0.15) is 16.5 Å². The number of pyridine rings is 1. The Labute approximate surface area is 144 Å². The second kappa shape index (κ2) is 6.86. The van der Waals surface area contributed by atoms with Gasteiger partial charge in [0, 0.05) is 17.3 Å². The van der Waals surface area contributed by atoms with Gasteiger partial charge in [0.25, 0.3) is 5.91 Å². The summed E-state index contributed by atoms with van der Waals surface area (Å²) in [6, 6.07) is 10.7. The van der Waals surface area contributed by atoms with Crippen LogP contribution in [0.2, 0.25) is 0 Å². The Kier molecular flexibility index (Phi) is 4.62. The van der Waals surface area contributed by atoms with Gasteiger partial charge in [-0.25, -0.2) is 12.8 Å². The maximum atomic E-state index is 13.4. The minimum Gasteiger partial charge on any atom is -0.365 e. The van der Waals surface area contributed by atoms with Gasteiger partial charge in [0.2, 0.25) is 0 Å². The smallest absolute Gasteiger partial charge is 0.252 e. The zero-order valence-electron chi connectivity index (χ0n) is 12.9. The van der Waals surface area contributed by atoms with Crippen molar-refractivity contribution in [3.05, 3.63) is 65.6 Å². The highest BCUT2D eigenvalue weighted by Gasteiger charge is 2.14. The van der Waals surface area contributed by atoms with E-state index in [1.54, 1.807) is 24.3 Å². The molecule has 2 aromatic carbocycles. The Hall–Kier alpha value is -3.00. The number of thiol groups is 1. The van der Waals surface area contributed by atoms with Gasteiger partial charge < -0.3 is 11.1 Å². The molecular weight excluding hydrogens is 345 g/mol. The van der Waals surface area contributed by atoms with Crippen LogP contribution >= 0.6 is 0 Å². The predicted octanol–water partition coefficient (Wildman–Crippen LogP) is 2.33. The van der Waals surface area contributed by atoms with Crippen LogP contribution in [0.3, 0.4) is 0 Å². The fourth-order valence-corrected chi connectivity index (χ4v) is 3.01. The molecule has 8 heteroatoms. The number of halogens is 1. The van der Waals surface area contributed by atoms with Crippen molar-refractivity contribution in [2.75, 3.05) is 5.32 Å². The summed E-state index contributed by atoms with van der Waals surface area (Å²) < 4.78 is 35.4. The number of aromatic nitrogens is 1. The molecule has 1 heterocycles. The lowest BCUT2D eigenvalue weighted by Crippen LogP contribution is -2.14. The Morgan fingerprint density at radius 1 is 1.20 bits per heavy atom. The van der Waals surface area contributed by atoms with Gasteiger partial charge in [0.15, 0.2) is 0 Å². The SMILES string of the molecule is NC(=O)c1cnc2ccc(C[SH](=O)=O)cc2c1Nc1cccc(F)c1. The van der Waals surface area contributed by atoms with Crippen molar-refractivity contribution >= 4 is 38.9 Å². The number of carbonyl (C=O) groups is 1. The number of amides is 1. The second-order valence-electron chi connectivity index (χ2n) is 5.39. The summed E-state index contributed by atoms with van der Waals surface area (Å²) in [5.41, 5.74) is 7.42. The van der Waals surface area contributed by atoms with Crippen LogP contribution in [0.15, 0.2) is 48.7 Å². The average Bonchev–Trinajstić information content (AvgIpc) is 2.54. The summed E-state index contributed by atoms with van der Waals surface area (Å²) in [4.78, 5) is 15.9. The molecular formula is C17H14FN3O3S. The minimum atomic E-state index is -2.60. The maximum absolute atomic E-state index is 13.4. The predicted molar refractivity (Wildman–Crippen MR) is 94.0 cm³/mol. The average molecular weight is 359 g/mol.